The lowest BCUT2D eigenvalue weighted by Gasteiger charge is -2.33. The van der Waals surface area contributed by atoms with Crippen LogP contribution in [0.3, 0.4) is 0 Å². The molecule has 1 aromatic rings. The lowest BCUT2D eigenvalue weighted by Crippen LogP contribution is -2.50. The number of carbonyl (C=O) groups excluding carboxylic acids is 2. The van der Waals surface area contributed by atoms with Crippen molar-refractivity contribution in [2.24, 2.45) is 0 Å². The van der Waals surface area contributed by atoms with E-state index in [2.05, 4.69) is 15.5 Å². The third kappa shape index (κ3) is 6.45. The third-order valence-electron chi connectivity index (χ3n) is 4.02. The van der Waals surface area contributed by atoms with Gasteiger partial charge in [0.1, 0.15) is 0 Å². The van der Waals surface area contributed by atoms with Crippen molar-refractivity contribution in [3.63, 3.8) is 0 Å². The topological polar surface area (TPSA) is 98.8 Å². The first kappa shape index (κ1) is 19.4. The normalized spacial score (nSPS) is 16.4. The van der Waals surface area contributed by atoms with Gasteiger partial charge in [0.25, 0.3) is 0 Å². The van der Waals surface area contributed by atoms with Crippen LogP contribution >= 0.6 is 0 Å². The molecule has 2 rings (SSSR count). The van der Waals surface area contributed by atoms with E-state index in [0.29, 0.717) is 45.8 Å². The van der Waals surface area contributed by atoms with E-state index in [1.54, 1.807) is 0 Å². The van der Waals surface area contributed by atoms with Gasteiger partial charge in [-0.2, -0.15) is 4.31 Å². The number of hydrogen-bond acceptors (Lipinski definition) is 5. The molecule has 0 spiro atoms. The van der Waals surface area contributed by atoms with Gasteiger partial charge in [-0.3, -0.25) is 14.5 Å². The molecule has 2 amide bonds. The van der Waals surface area contributed by atoms with Gasteiger partial charge in [0.05, 0.1) is 6.26 Å². The standard InChI is InChI=1S/C16H24N4O4S/c1-25(23,24)20-11-9-19(10-12-20)8-7-17-15(21)16(22)18-13-14-5-3-2-4-6-14/h2-6H,7-13H2,1H3,(H,17,21)(H,18,22). The highest BCUT2D eigenvalue weighted by Gasteiger charge is 2.23. The van der Waals surface area contributed by atoms with E-state index in [1.165, 1.54) is 10.6 Å². The van der Waals surface area contributed by atoms with Crippen molar-refractivity contribution >= 4 is 21.8 Å². The summed E-state index contributed by atoms with van der Waals surface area (Å²) in [6.07, 6.45) is 1.21. The van der Waals surface area contributed by atoms with Crippen molar-refractivity contribution in [3.8, 4) is 0 Å². The minimum absolute atomic E-state index is 0.306. The molecule has 0 radical (unpaired) electrons. The highest BCUT2D eigenvalue weighted by Crippen LogP contribution is 2.05. The van der Waals surface area contributed by atoms with Crippen LogP contribution in [0.2, 0.25) is 0 Å². The van der Waals surface area contributed by atoms with Gasteiger partial charge in [-0.15, -0.1) is 0 Å². The highest BCUT2D eigenvalue weighted by molar-refractivity contribution is 7.88. The number of piperazine rings is 1. The van der Waals surface area contributed by atoms with Gasteiger partial charge >= 0.3 is 11.8 Å². The van der Waals surface area contributed by atoms with E-state index in [0.717, 1.165) is 5.56 Å². The molecule has 1 aromatic carbocycles. The van der Waals surface area contributed by atoms with Crippen LogP contribution in [0.1, 0.15) is 5.56 Å². The summed E-state index contributed by atoms with van der Waals surface area (Å²) in [5.74, 6) is -1.32. The lowest BCUT2D eigenvalue weighted by molar-refractivity contribution is -0.139. The molecule has 0 aromatic heterocycles. The molecule has 2 N–H and O–H groups in total. The van der Waals surface area contributed by atoms with Gasteiger partial charge in [0, 0.05) is 45.8 Å². The van der Waals surface area contributed by atoms with E-state index in [4.69, 9.17) is 0 Å². The maximum Gasteiger partial charge on any atom is 0.309 e. The van der Waals surface area contributed by atoms with Crippen LogP contribution in [-0.4, -0.2) is 75.0 Å². The van der Waals surface area contributed by atoms with Crippen molar-refractivity contribution in [1.82, 2.24) is 19.8 Å². The number of amides is 2. The van der Waals surface area contributed by atoms with Gasteiger partial charge in [-0.1, -0.05) is 30.3 Å². The number of benzene rings is 1. The number of nitrogens with one attached hydrogen (secondary N) is 2. The van der Waals surface area contributed by atoms with E-state index in [-0.39, 0.29) is 0 Å². The fraction of sp³-hybridized carbons (Fsp3) is 0.500. The van der Waals surface area contributed by atoms with E-state index in [9.17, 15) is 18.0 Å². The Morgan fingerprint density at radius 3 is 2.20 bits per heavy atom. The van der Waals surface area contributed by atoms with Gasteiger partial charge < -0.3 is 10.6 Å². The van der Waals surface area contributed by atoms with Crippen molar-refractivity contribution in [3.05, 3.63) is 35.9 Å². The molecule has 1 fully saturated rings. The zero-order valence-electron chi connectivity index (χ0n) is 14.3. The van der Waals surface area contributed by atoms with Crippen molar-refractivity contribution in [2.75, 3.05) is 45.5 Å². The molecular formula is C16H24N4O4S. The molecule has 1 heterocycles. The van der Waals surface area contributed by atoms with E-state index in [1.807, 2.05) is 30.3 Å². The maximum absolute atomic E-state index is 11.8. The Hall–Kier alpha value is -1.97. The lowest BCUT2D eigenvalue weighted by atomic mass is 10.2. The highest BCUT2D eigenvalue weighted by atomic mass is 32.2. The smallest absolute Gasteiger partial charge is 0.309 e. The summed E-state index contributed by atoms with van der Waals surface area (Å²) in [6, 6.07) is 9.35. The fourth-order valence-corrected chi connectivity index (χ4v) is 3.38. The number of carbonyl (C=O) groups is 2. The Balaban J connectivity index is 1.63. The molecule has 8 nitrogen and oxygen atoms in total. The minimum Gasteiger partial charge on any atom is -0.347 e. The average Bonchev–Trinajstić information content (AvgIpc) is 2.60. The summed E-state index contributed by atoms with van der Waals surface area (Å²) in [7, 11) is -3.14. The molecule has 0 aliphatic carbocycles. The van der Waals surface area contributed by atoms with Gasteiger partial charge in [0.2, 0.25) is 10.0 Å². The summed E-state index contributed by atoms with van der Waals surface area (Å²) in [4.78, 5) is 25.6. The molecule has 1 aliphatic rings. The molecule has 1 aliphatic heterocycles. The van der Waals surface area contributed by atoms with Crippen LogP contribution < -0.4 is 10.6 Å². The summed E-state index contributed by atoms with van der Waals surface area (Å²) in [6.45, 7) is 3.35. The molecule has 0 saturated carbocycles. The largest absolute Gasteiger partial charge is 0.347 e. The third-order valence-corrected chi connectivity index (χ3v) is 5.32. The molecular weight excluding hydrogens is 344 g/mol. The zero-order chi connectivity index (χ0) is 18.3. The summed E-state index contributed by atoms with van der Waals surface area (Å²) < 4.78 is 24.3. The van der Waals surface area contributed by atoms with Crippen LogP contribution in [-0.2, 0) is 26.2 Å². The van der Waals surface area contributed by atoms with E-state index >= 15 is 0 Å². The van der Waals surface area contributed by atoms with Crippen molar-refractivity contribution < 1.29 is 18.0 Å². The van der Waals surface area contributed by atoms with Crippen LogP contribution in [0.25, 0.3) is 0 Å². The Morgan fingerprint density at radius 2 is 1.60 bits per heavy atom. The first-order valence-corrected chi connectivity index (χ1v) is 9.98. The SMILES string of the molecule is CS(=O)(=O)N1CCN(CCNC(=O)C(=O)NCc2ccccc2)CC1. The number of hydrogen-bond donors (Lipinski definition) is 2. The van der Waals surface area contributed by atoms with Gasteiger partial charge in [0.15, 0.2) is 0 Å². The summed E-state index contributed by atoms with van der Waals surface area (Å²) in [5, 5.41) is 5.15. The number of sulfonamides is 1. The molecule has 0 unspecified atom stereocenters. The van der Waals surface area contributed by atoms with Crippen LogP contribution in [0.4, 0.5) is 0 Å². The Kier molecular flexibility index (Phi) is 6.91. The van der Waals surface area contributed by atoms with Crippen molar-refractivity contribution in [1.29, 1.82) is 0 Å². The second-order valence-electron chi connectivity index (χ2n) is 5.93. The molecule has 0 atom stereocenters. The predicted molar refractivity (Wildman–Crippen MR) is 94.2 cm³/mol. The maximum atomic E-state index is 11.8. The number of rotatable bonds is 6. The second-order valence-corrected chi connectivity index (χ2v) is 7.91. The first-order chi connectivity index (χ1) is 11.9. The van der Waals surface area contributed by atoms with Gasteiger partial charge in [-0.25, -0.2) is 8.42 Å². The summed E-state index contributed by atoms with van der Waals surface area (Å²) >= 11 is 0. The molecule has 9 heteroatoms. The first-order valence-electron chi connectivity index (χ1n) is 8.13. The second kappa shape index (κ2) is 8.93. The Labute approximate surface area is 148 Å². The minimum atomic E-state index is -3.14. The Bertz CT molecular complexity index is 685. The zero-order valence-corrected chi connectivity index (χ0v) is 15.1. The van der Waals surface area contributed by atoms with Crippen LogP contribution in [0.15, 0.2) is 30.3 Å². The fourth-order valence-electron chi connectivity index (χ4n) is 2.55. The van der Waals surface area contributed by atoms with Crippen LogP contribution in [0, 0.1) is 0 Å². The van der Waals surface area contributed by atoms with Crippen LogP contribution in [0.5, 0.6) is 0 Å². The molecule has 1 saturated heterocycles. The monoisotopic (exact) mass is 368 g/mol. The molecule has 138 valence electrons. The van der Waals surface area contributed by atoms with Crippen molar-refractivity contribution in [2.45, 2.75) is 6.54 Å². The van der Waals surface area contributed by atoms with E-state index < -0.39 is 21.8 Å². The number of nitrogens with zero attached hydrogens (tertiary/aromatic N) is 2. The predicted octanol–water partition coefficient (Wildman–Crippen LogP) is -1.00. The molecule has 25 heavy (non-hydrogen) atoms. The average molecular weight is 368 g/mol. The quantitative estimate of drug-likeness (QED) is 0.628. The molecule has 0 bridgehead atoms. The summed E-state index contributed by atoms with van der Waals surface area (Å²) in [5.41, 5.74) is 0.924. The Morgan fingerprint density at radius 1 is 1.00 bits per heavy atom. The van der Waals surface area contributed by atoms with Gasteiger partial charge in [-0.05, 0) is 5.56 Å².